The number of rotatable bonds is 5. The van der Waals surface area contributed by atoms with Crippen LogP contribution in [0.15, 0.2) is 82.8 Å². The number of nitrogens with zero attached hydrogens (tertiary/aromatic N) is 1. The molecule has 0 saturated carbocycles. The van der Waals surface area contributed by atoms with Crippen molar-refractivity contribution in [3.8, 4) is 0 Å². The van der Waals surface area contributed by atoms with Crippen molar-refractivity contribution in [1.29, 1.82) is 0 Å². The molecule has 2 aromatic rings. The Balaban J connectivity index is 1.65. The summed E-state index contributed by atoms with van der Waals surface area (Å²) in [5.74, 6) is -1.62. The van der Waals surface area contributed by atoms with Gasteiger partial charge in [0, 0.05) is 0 Å². The lowest BCUT2D eigenvalue weighted by molar-refractivity contribution is 0.0669. The van der Waals surface area contributed by atoms with Gasteiger partial charge in [-0.1, -0.05) is 35.9 Å². The number of hydrogen-bond acceptors (Lipinski definition) is 4. The summed E-state index contributed by atoms with van der Waals surface area (Å²) < 4.78 is 40.9. The maximum absolute atomic E-state index is 13.1. The molecule has 0 aromatic heterocycles. The zero-order chi connectivity index (χ0) is 22.2. The minimum atomic E-state index is -4.08. The lowest BCUT2D eigenvalue weighted by Crippen LogP contribution is -2.31. The zero-order valence-electron chi connectivity index (χ0n) is 16.6. The number of amides is 2. The van der Waals surface area contributed by atoms with Crippen LogP contribution >= 0.6 is 0 Å². The second-order valence-corrected chi connectivity index (χ2v) is 9.03. The van der Waals surface area contributed by atoms with Gasteiger partial charge in [-0.3, -0.25) is 19.2 Å². The number of carbonyl (C=O) groups is 2. The molecule has 158 valence electrons. The number of nitrogens with one attached hydrogen (secondary N) is 1. The molecule has 0 radical (unpaired) electrons. The third kappa shape index (κ3) is 4.06. The molecule has 1 aliphatic heterocycles. The van der Waals surface area contributed by atoms with Crippen molar-refractivity contribution in [3.05, 3.63) is 94.9 Å². The summed E-state index contributed by atoms with van der Waals surface area (Å²) in [6.07, 6.45) is 8.43. The number of anilines is 1. The van der Waals surface area contributed by atoms with Crippen LogP contribution in [-0.2, 0) is 10.0 Å². The van der Waals surface area contributed by atoms with E-state index in [4.69, 9.17) is 0 Å². The van der Waals surface area contributed by atoms with Crippen LogP contribution in [0.5, 0.6) is 0 Å². The lowest BCUT2D eigenvalue weighted by Gasteiger charge is -2.15. The fourth-order valence-corrected chi connectivity index (χ4v) is 4.60. The molecule has 2 aliphatic rings. The van der Waals surface area contributed by atoms with Gasteiger partial charge < -0.3 is 0 Å². The summed E-state index contributed by atoms with van der Waals surface area (Å²) in [5, 5.41) is 0. The quantitative estimate of drug-likeness (QED) is 0.714. The summed E-state index contributed by atoms with van der Waals surface area (Å²) >= 11 is 0. The minimum absolute atomic E-state index is 0.00338. The highest BCUT2D eigenvalue weighted by molar-refractivity contribution is 7.92. The normalized spacial score (nSPS) is 16.0. The van der Waals surface area contributed by atoms with Crippen molar-refractivity contribution >= 4 is 27.5 Å². The van der Waals surface area contributed by atoms with E-state index in [9.17, 15) is 22.4 Å². The number of benzene rings is 2. The SMILES string of the molecule is CC1=CC(CN2C(=O)c3cccc(NS(=O)(=O)c4ccc(F)cc4)c3C2=O)=CC=CC1. The number of allylic oxidation sites excluding steroid dienone is 4. The Hall–Kier alpha value is -3.52. The topological polar surface area (TPSA) is 83.6 Å². The van der Waals surface area contributed by atoms with Gasteiger partial charge in [-0.2, -0.15) is 0 Å². The fourth-order valence-electron chi connectivity index (χ4n) is 3.53. The van der Waals surface area contributed by atoms with Crippen LogP contribution in [0.4, 0.5) is 10.1 Å². The Morgan fingerprint density at radius 2 is 1.81 bits per heavy atom. The first-order chi connectivity index (χ1) is 14.8. The number of hydrogen-bond donors (Lipinski definition) is 1. The van der Waals surface area contributed by atoms with Crippen molar-refractivity contribution in [3.63, 3.8) is 0 Å². The Kier molecular flexibility index (Phi) is 5.32. The molecule has 2 aromatic carbocycles. The minimum Gasteiger partial charge on any atom is -0.279 e. The molecule has 8 heteroatoms. The first-order valence-corrected chi connectivity index (χ1v) is 11.0. The fraction of sp³-hybridized carbons (Fsp3) is 0.130. The number of halogens is 1. The molecule has 0 saturated heterocycles. The summed E-state index contributed by atoms with van der Waals surface area (Å²) in [6.45, 7) is 2.05. The van der Waals surface area contributed by atoms with Crippen molar-refractivity contribution in [2.24, 2.45) is 0 Å². The summed E-state index contributed by atoms with van der Waals surface area (Å²) in [6, 6.07) is 8.74. The lowest BCUT2D eigenvalue weighted by atomic mass is 10.1. The van der Waals surface area contributed by atoms with Gasteiger partial charge in [-0.25, -0.2) is 12.8 Å². The molecule has 0 atom stereocenters. The van der Waals surface area contributed by atoms with Crippen LogP contribution < -0.4 is 4.72 Å². The highest BCUT2D eigenvalue weighted by Crippen LogP contribution is 2.31. The molecule has 6 nitrogen and oxygen atoms in total. The van der Waals surface area contributed by atoms with Crippen molar-refractivity contribution in [2.45, 2.75) is 18.2 Å². The molecule has 1 aliphatic carbocycles. The molecular formula is C23H19FN2O4S. The van der Waals surface area contributed by atoms with E-state index >= 15 is 0 Å². The molecule has 4 rings (SSSR count). The van der Waals surface area contributed by atoms with E-state index in [2.05, 4.69) is 4.72 Å². The molecule has 1 N–H and O–H groups in total. The Morgan fingerprint density at radius 3 is 2.55 bits per heavy atom. The van der Waals surface area contributed by atoms with Gasteiger partial charge in [0.15, 0.2) is 0 Å². The standard InChI is InChI=1S/C23H19FN2O4S/c1-15-5-2-3-6-16(13-15)14-26-22(27)19-7-4-8-20(21(19)23(26)28)25-31(29,30)18-11-9-17(24)10-12-18/h2-4,6-13,25H,5,14H2,1H3. The van der Waals surface area contributed by atoms with Crippen LogP contribution in [0.1, 0.15) is 34.1 Å². The van der Waals surface area contributed by atoms with Gasteiger partial charge in [-0.05, 0) is 55.3 Å². The van der Waals surface area contributed by atoms with E-state index in [0.717, 1.165) is 46.7 Å². The molecule has 2 amide bonds. The Bertz CT molecular complexity index is 1280. The molecule has 31 heavy (non-hydrogen) atoms. The van der Waals surface area contributed by atoms with E-state index in [0.29, 0.717) is 0 Å². The number of imide groups is 1. The molecule has 0 spiro atoms. The first-order valence-electron chi connectivity index (χ1n) is 9.57. The first kappa shape index (κ1) is 20.7. The molecule has 0 bridgehead atoms. The highest BCUT2D eigenvalue weighted by Gasteiger charge is 2.38. The average molecular weight is 438 g/mol. The van der Waals surface area contributed by atoms with Crippen LogP contribution in [0.25, 0.3) is 0 Å². The van der Waals surface area contributed by atoms with Gasteiger partial charge in [0.05, 0.1) is 28.3 Å². The predicted molar refractivity (Wildman–Crippen MR) is 115 cm³/mol. The monoisotopic (exact) mass is 438 g/mol. The van der Waals surface area contributed by atoms with E-state index < -0.39 is 27.7 Å². The molecule has 0 unspecified atom stereocenters. The van der Waals surface area contributed by atoms with Crippen molar-refractivity contribution < 1.29 is 22.4 Å². The second-order valence-electron chi connectivity index (χ2n) is 7.35. The van der Waals surface area contributed by atoms with E-state index in [1.54, 1.807) is 0 Å². The van der Waals surface area contributed by atoms with Crippen LogP contribution in [0, 0.1) is 5.82 Å². The van der Waals surface area contributed by atoms with Crippen LogP contribution in [-0.4, -0.2) is 31.7 Å². The van der Waals surface area contributed by atoms with Gasteiger partial charge in [0.25, 0.3) is 21.8 Å². The van der Waals surface area contributed by atoms with Gasteiger partial charge in [-0.15, -0.1) is 0 Å². The zero-order valence-corrected chi connectivity index (χ0v) is 17.4. The van der Waals surface area contributed by atoms with Crippen LogP contribution in [0.2, 0.25) is 0 Å². The third-order valence-corrected chi connectivity index (χ3v) is 6.41. The average Bonchev–Trinajstić information content (AvgIpc) is 2.85. The predicted octanol–water partition coefficient (Wildman–Crippen LogP) is 4.06. The van der Waals surface area contributed by atoms with Gasteiger partial charge in [0.2, 0.25) is 0 Å². The third-order valence-electron chi connectivity index (χ3n) is 5.03. The van der Waals surface area contributed by atoms with Crippen molar-refractivity contribution in [1.82, 2.24) is 4.90 Å². The van der Waals surface area contributed by atoms with Crippen molar-refractivity contribution in [2.75, 3.05) is 11.3 Å². The Morgan fingerprint density at radius 1 is 1.06 bits per heavy atom. The summed E-state index contributed by atoms with van der Waals surface area (Å²) in [4.78, 5) is 26.9. The number of sulfonamides is 1. The van der Waals surface area contributed by atoms with Gasteiger partial charge >= 0.3 is 0 Å². The summed E-state index contributed by atoms with van der Waals surface area (Å²) in [7, 11) is -4.08. The molecule has 1 heterocycles. The van der Waals surface area contributed by atoms with Crippen LogP contribution in [0.3, 0.4) is 0 Å². The maximum atomic E-state index is 13.1. The molecular weight excluding hydrogens is 419 g/mol. The maximum Gasteiger partial charge on any atom is 0.264 e. The van der Waals surface area contributed by atoms with E-state index in [-0.39, 0.29) is 28.3 Å². The second kappa shape index (κ2) is 7.96. The number of carbonyl (C=O) groups excluding carboxylic acids is 2. The summed E-state index contributed by atoms with van der Waals surface area (Å²) in [5.41, 5.74) is 2.04. The van der Waals surface area contributed by atoms with E-state index in [1.807, 2.05) is 31.2 Å². The smallest absolute Gasteiger partial charge is 0.264 e. The van der Waals surface area contributed by atoms with Gasteiger partial charge in [0.1, 0.15) is 5.82 Å². The largest absolute Gasteiger partial charge is 0.279 e. The highest BCUT2D eigenvalue weighted by atomic mass is 32.2. The Labute approximate surface area is 179 Å². The molecule has 0 fully saturated rings. The number of fused-ring (bicyclic) bond motifs is 1. The van der Waals surface area contributed by atoms with E-state index in [1.165, 1.54) is 18.2 Å².